The molecular formula is C23H33N2O8P. The second-order valence-electron chi connectivity index (χ2n) is 8.11. The zero-order valence-corrected chi connectivity index (χ0v) is 21.7. The van der Waals surface area contributed by atoms with Crippen LogP contribution in [0.5, 0.6) is 17.2 Å². The summed E-state index contributed by atoms with van der Waals surface area (Å²) in [5.74, 6) is 0.115. The maximum Gasteiger partial charge on any atom is 0.357 e. The summed E-state index contributed by atoms with van der Waals surface area (Å²) in [5, 5.41) is 14.4. The number of nitro groups is 1. The lowest BCUT2D eigenvalue weighted by Gasteiger charge is -2.32. The Morgan fingerprint density at radius 2 is 1.44 bits per heavy atom. The van der Waals surface area contributed by atoms with Crippen molar-refractivity contribution < 1.29 is 32.7 Å². The van der Waals surface area contributed by atoms with Gasteiger partial charge < -0.3 is 28.6 Å². The van der Waals surface area contributed by atoms with E-state index in [0.717, 1.165) is 0 Å². The minimum atomic E-state index is -3.86. The zero-order valence-electron chi connectivity index (χ0n) is 20.8. The van der Waals surface area contributed by atoms with Gasteiger partial charge in [-0.3, -0.25) is 14.7 Å². The molecule has 1 N–H and O–H groups in total. The summed E-state index contributed by atoms with van der Waals surface area (Å²) in [4.78, 5) is 10.7. The molecule has 188 valence electrons. The number of nitrogens with one attached hydrogen (secondary N) is 1. The second kappa shape index (κ2) is 11.6. The Bertz CT molecular complexity index is 1020. The third kappa shape index (κ3) is 6.40. The Balaban J connectivity index is 2.74. The van der Waals surface area contributed by atoms with Crippen molar-refractivity contribution in [3.63, 3.8) is 0 Å². The SMILES string of the molecule is COc1cc(C(Nc2ccc([N+](=O)[O-])cc2C)P(=O)(OC(C)C)OC(C)C)cc(OC)c1OC. The highest BCUT2D eigenvalue weighted by atomic mass is 31.2. The number of rotatable bonds is 12. The molecule has 2 rings (SSSR count). The van der Waals surface area contributed by atoms with E-state index >= 15 is 0 Å². The third-order valence-electron chi connectivity index (χ3n) is 4.75. The number of ether oxygens (including phenoxy) is 3. The van der Waals surface area contributed by atoms with Crippen LogP contribution in [0.2, 0.25) is 0 Å². The lowest BCUT2D eigenvalue weighted by molar-refractivity contribution is -0.384. The highest BCUT2D eigenvalue weighted by Crippen LogP contribution is 2.63. The summed E-state index contributed by atoms with van der Waals surface area (Å²) >= 11 is 0. The average molecular weight is 496 g/mol. The topological polar surface area (TPSA) is 118 Å². The van der Waals surface area contributed by atoms with Crippen molar-refractivity contribution in [2.45, 2.75) is 52.6 Å². The van der Waals surface area contributed by atoms with Gasteiger partial charge in [0.25, 0.3) is 5.69 Å². The Kier molecular flexibility index (Phi) is 9.32. The fraction of sp³-hybridized carbons (Fsp3) is 0.478. The molecule has 1 atom stereocenters. The first kappa shape index (κ1) is 27.4. The number of non-ortho nitro benzene ring substituents is 1. The standard InChI is InChI=1S/C23H33N2O8P/c1-14(2)32-34(28,33-15(3)4)23(24-19-10-9-18(25(26)27)11-16(19)5)17-12-20(29-6)22(31-8)21(13-17)30-7/h9-15,23-24H,1-8H3. The Morgan fingerprint density at radius 3 is 1.82 bits per heavy atom. The fourth-order valence-corrected chi connectivity index (χ4v) is 5.69. The lowest BCUT2D eigenvalue weighted by atomic mass is 10.1. The molecule has 0 spiro atoms. The monoisotopic (exact) mass is 496 g/mol. The van der Waals surface area contributed by atoms with Crippen molar-refractivity contribution in [2.24, 2.45) is 0 Å². The molecule has 0 saturated heterocycles. The van der Waals surface area contributed by atoms with Gasteiger partial charge >= 0.3 is 7.60 Å². The maximum absolute atomic E-state index is 14.3. The molecule has 0 fully saturated rings. The highest BCUT2D eigenvalue weighted by Gasteiger charge is 2.40. The van der Waals surface area contributed by atoms with Crippen LogP contribution in [0.25, 0.3) is 0 Å². The van der Waals surface area contributed by atoms with E-state index in [-0.39, 0.29) is 5.69 Å². The normalized spacial score (nSPS) is 12.5. The lowest BCUT2D eigenvalue weighted by Crippen LogP contribution is -2.20. The van der Waals surface area contributed by atoms with Crippen molar-refractivity contribution in [1.29, 1.82) is 0 Å². The molecule has 34 heavy (non-hydrogen) atoms. The van der Waals surface area contributed by atoms with Crippen LogP contribution in [0, 0.1) is 17.0 Å². The van der Waals surface area contributed by atoms with Crippen LogP contribution in [0.1, 0.15) is 44.6 Å². The van der Waals surface area contributed by atoms with Gasteiger partial charge in [0.2, 0.25) is 5.75 Å². The van der Waals surface area contributed by atoms with Crippen LogP contribution in [-0.2, 0) is 13.6 Å². The summed E-state index contributed by atoms with van der Waals surface area (Å²) in [7, 11) is 0.600. The van der Waals surface area contributed by atoms with E-state index in [1.54, 1.807) is 52.8 Å². The minimum Gasteiger partial charge on any atom is -0.493 e. The second-order valence-corrected chi connectivity index (χ2v) is 10.1. The van der Waals surface area contributed by atoms with Crippen LogP contribution in [0.15, 0.2) is 30.3 Å². The predicted molar refractivity (Wildman–Crippen MR) is 130 cm³/mol. The van der Waals surface area contributed by atoms with E-state index in [1.165, 1.54) is 33.5 Å². The summed E-state index contributed by atoms with van der Waals surface area (Å²) < 4.78 is 42.4. The summed E-state index contributed by atoms with van der Waals surface area (Å²) in [6, 6.07) is 7.71. The first-order chi connectivity index (χ1) is 15.9. The molecule has 0 bridgehead atoms. The molecule has 0 saturated carbocycles. The number of benzene rings is 2. The van der Waals surface area contributed by atoms with Gasteiger partial charge in [-0.2, -0.15) is 0 Å². The van der Waals surface area contributed by atoms with Crippen LogP contribution in [-0.4, -0.2) is 38.5 Å². The van der Waals surface area contributed by atoms with E-state index in [0.29, 0.717) is 34.1 Å². The smallest absolute Gasteiger partial charge is 0.357 e. The molecule has 0 amide bonds. The molecule has 0 aliphatic heterocycles. The molecule has 2 aromatic carbocycles. The van der Waals surface area contributed by atoms with E-state index < -0.39 is 30.5 Å². The van der Waals surface area contributed by atoms with E-state index in [9.17, 15) is 14.7 Å². The van der Waals surface area contributed by atoms with Crippen molar-refractivity contribution in [1.82, 2.24) is 0 Å². The quantitative estimate of drug-likeness (QED) is 0.212. The Morgan fingerprint density at radius 1 is 0.912 bits per heavy atom. The first-order valence-corrected chi connectivity index (χ1v) is 12.3. The molecule has 10 nitrogen and oxygen atoms in total. The molecule has 2 aromatic rings. The van der Waals surface area contributed by atoms with Gasteiger partial charge in [0.05, 0.1) is 38.5 Å². The third-order valence-corrected chi connectivity index (χ3v) is 7.24. The van der Waals surface area contributed by atoms with E-state index in [2.05, 4.69) is 5.32 Å². The average Bonchev–Trinajstić information content (AvgIpc) is 2.75. The van der Waals surface area contributed by atoms with Crippen molar-refractivity contribution in [2.75, 3.05) is 26.6 Å². The molecule has 1 unspecified atom stereocenters. The molecule has 0 heterocycles. The zero-order chi connectivity index (χ0) is 25.6. The van der Waals surface area contributed by atoms with Crippen LogP contribution in [0.4, 0.5) is 11.4 Å². The summed E-state index contributed by atoms with van der Waals surface area (Å²) in [6.07, 6.45) is -0.817. The molecule has 11 heteroatoms. The maximum atomic E-state index is 14.3. The molecule has 0 radical (unpaired) electrons. The number of nitrogens with zero attached hydrogens (tertiary/aromatic N) is 1. The Labute approximate surface area is 200 Å². The highest BCUT2D eigenvalue weighted by molar-refractivity contribution is 7.54. The van der Waals surface area contributed by atoms with Crippen molar-refractivity contribution in [3.05, 3.63) is 51.6 Å². The largest absolute Gasteiger partial charge is 0.493 e. The van der Waals surface area contributed by atoms with Crippen LogP contribution < -0.4 is 19.5 Å². The summed E-state index contributed by atoms with van der Waals surface area (Å²) in [6.45, 7) is 8.78. The minimum absolute atomic E-state index is 0.0487. The fourth-order valence-electron chi connectivity index (χ4n) is 3.41. The van der Waals surface area contributed by atoms with Gasteiger partial charge in [-0.05, 0) is 63.9 Å². The number of hydrogen-bond acceptors (Lipinski definition) is 9. The van der Waals surface area contributed by atoms with E-state index in [1.807, 2.05) is 0 Å². The number of aryl methyl sites for hydroxylation is 1. The van der Waals surface area contributed by atoms with Crippen LogP contribution in [0.3, 0.4) is 0 Å². The molecule has 0 aromatic heterocycles. The van der Waals surface area contributed by atoms with Crippen molar-refractivity contribution in [3.8, 4) is 17.2 Å². The van der Waals surface area contributed by atoms with Gasteiger partial charge in [0.1, 0.15) is 0 Å². The molecule has 0 aliphatic carbocycles. The van der Waals surface area contributed by atoms with Gasteiger partial charge in [-0.1, -0.05) is 0 Å². The van der Waals surface area contributed by atoms with Gasteiger partial charge in [-0.15, -0.1) is 0 Å². The van der Waals surface area contributed by atoms with Gasteiger partial charge in [0.15, 0.2) is 17.3 Å². The molecular weight excluding hydrogens is 463 g/mol. The first-order valence-electron chi connectivity index (χ1n) is 10.7. The Hall–Kier alpha value is -2.81. The number of methoxy groups -OCH3 is 3. The van der Waals surface area contributed by atoms with Gasteiger partial charge in [0, 0.05) is 17.8 Å². The number of nitro benzene ring substituents is 1. The number of anilines is 1. The number of hydrogen-bond donors (Lipinski definition) is 1. The van der Waals surface area contributed by atoms with Gasteiger partial charge in [-0.25, -0.2) is 0 Å². The summed E-state index contributed by atoms with van der Waals surface area (Å²) in [5.41, 5.74) is 1.57. The van der Waals surface area contributed by atoms with Crippen LogP contribution >= 0.6 is 7.60 Å². The van der Waals surface area contributed by atoms with Crippen molar-refractivity contribution >= 4 is 19.0 Å². The van der Waals surface area contributed by atoms with E-state index in [4.69, 9.17) is 23.3 Å². The predicted octanol–water partition coefficient (Wildman–Crippen LogP) is 6.08. The molecule has 0 aliphatic rings.